The van der Waals surface area contributed by atoms with Gasteiger partial charge in [-0.25, -0.2) is 4.39 Å². The van der Waals surface area contributed by atoms with Gasteiger partial charge < -0.3 is 14.7 Å². The molecule has 1 fully saturated rings. The number of carboxylic acids is 1. The minimum atomic E-state index is -0.938. The van der Waals surface area contributed by atoms with Crippen molar-refractivity contribution in [3.8, 4) is 16.9 Å². The van der Waals surface area contributed by atoms with Gasteiger partial charge in [-0.2, -0.15) is 0 Å². The number of ether oxygens (including phenoxy) is 1. The van der Waals surface area contributed by atoms with Crippen molar-refractivity contribution in [3.05, 3.63) is 50.8 Å². The molecule has 6 heteroatoms. The molecular weight excluding hydrogens is 469 g/mol. The Morgan fingerprint density at radius 2 is 1.78 bits per heavy atom. The molecule has 0 bridgehead atoms. The molecule has 0 radical (unpaired) electrons. The summed E-state index contributed by atoms with van der Waals surface area (Å²) in [6, 6.07) is 1.76. The molecule has 1 amide bonds. The van der Waals surface area contributed by atoms with Crippen LogP contribution >= 0.6 is 0 Å². The molecule has 2 aromatic carbocycles. The monoisotopic (exact) mass is 507 g/mol. The van der Waals surface area contributed by atoms with E-state index in [-0.39, 0.29) is 18.4 Å². The first-order valence-electron chi connectivity index (χ1n) is 13.7. The number of amides is 1. The summed E-state index contributed by atoms with van der Waals surface area (Å²) in [5.74, 6) is -0.885. The van der Waals surface area contributed by atoms with Crippen LogP contribution in [0.5, 0.6) is 5.75 Å². The first-order valence-corrected chi connectivity index (χ1v) is 13.7. The Balaban J connectivity index is 1.77. The molecule has 2 heterocycles. The first kappa shape index (κ1) is 25.7. The molecule has 1 saturated carbocycles. The molecule has 0 unspecified atom stereocenters. The van der Waals surface area contributed by atoms with E-state index < -0.39 is 17.2 Å². The highest BCUT2D eigenvalue weighted by Crippen LogP contribution is 2.47. The lowest BCUT2D eigenvalue weighted by molar-refractivity contribution is -0.141. The van der Waals surface area contributed by atoms with Gasteiger partial charge in [-0.05, 0) is 111 Å². The Hall–Kier alpha value is -2.89. The fraction of sp³-hybridized carbons (Fsp3) is 0.548. The zero-order valence-corrected chi connectivity index (χ0v) is 22.7. The number of carboxylic acid groups (broad SMARTS) is 1. The maximum Gasteiger partial charge on any atom is 0.307 e. The molecular formula is C31H38FNO4. The van der Waals surface area contributed by atoms with Crippen LogP contribution in [0.15, 0.2) is 6.07 Å². The number of aliphatic carboxylic acids is 1. The topological polar surface area (TPSA) is 66.8 Å². The van der Waals surface area contributed by atoms with Gasteiger partial charge in [-0.15, -0.1) is 0 Å². The van der Waals surface area contributed by atoms with Crippen molar-refractivity contribution in [1.29, 1.82) is 0 Å². The lowest BCUT2D eigenvalue weighted by Gasteiger charge is -2.46. The lowest BCUT2D eigenvalue weighted by atomic mass is 9.69. The molecule has 2 aromatic rings. The van der Waals surface area contributed by atoms with Gasteiger partial charge in [0.2, 0.25) is 5.91 Å². The van der Waals surface area contributed by atoms with Crippen molar-refractivity contribution < 1.29 is 23.8 Å². The van der Waals surface area contributed by atoms with Gasteiger partial charge in [0.05, 0.1) is 18.4 Å². The number of nitrogens with zero attached hydrogens (tertiary/aromatic N) is 1. The van der Waals surface area contributed by atoms with Crippen LogP contribution in [-0.4, -0.2) is 34.5 Å². The van der Waals surface area contributed by atoms with Gasteiger partial charge in [0.15, 0.2) is 11.6 Å². The Kier molecular flexibility index (Phi) is 6.57. The quantitative estimate of drug-likeness (QED) is 0.526. The molecule has 5 nitrogen and oxygen atoms in total. The van der Waals surface area contributed by atoms with Crippen molar-refractivity contribution >= 4 is 11.9 Å². The van der Waals surface area contributed by atoms with Crippen molar-refractivity contribution in [2.24, 2.45) is 0 Å². The Morgan fingerprint density at radius 1 is 1.08 bits per heavy atom. The van der Waals surface area contributed by atoms with Gasteiger partial charge in [-0.1, -0.05) is 19.3 Å². The van der Waals surface area contributed by atoms with Crippen LogP contribution in [0.3, 0.4) is 0 Å². The highest BCUT2D eigenvalue weighted by molar-refractivity contribution is 5.93. The third-order valence-corrected chi connectivity index (χ3v) is 9.06. The highest BCUT2D eigenvalue weighted by atomic mass is 19.1. The Bertz CT molecular complexity index is 1290. The Labute approximate surface area is 219 Å². The molecule has 1 aliphatic carbocycles. The SMILES string of the molecule is Cc1c(-c2c(C)c3c(c(C)c2CC(=O)O)C(C)(C)C(=O)N(C2CCCCC2)C3)cc(F)c2c1CCCO2. The number of halogens is 1. The van der Waals surface area contributed by atoms with Gasteiger partial charge in [0.1, 0.15) is 0 Å². The van der Waals surface area contributed by atoms with E-state index in [4.69, 9.17) is 4.74 Å². The van der Waals surface area contributed by atoms with Crippen molar-refractivity contribution in [3.63, 3.8) is 0 Å². The second-order valence-electron chi connectivity index (χ2n) is 11.7. The maximum absolute atomic E-state index is 15.3. The van der Waals surface area contributed by atoms with E-state index in [1.807, 2.05) is 34.6 Å². The predicted molar refractivity (Wildman–Crippen MR) is 142 cm³/mol. The molecule has 37 heavy (non-hydrogen) atoms. The molecule has 2 aliphatic heterocycles. The summed E-state index contributed by atoms with van der Waals surface area (Å²) in [6.45, 7) is 10.9. The fourth-order valence-corrected chi connectivity index (χ4v) is 7.22. The molecule has 0 aromatic heterocycles. The second-order valence-corrected chi connectivity index (χ2v) is 11.7. The highest BCUT2D eigenvalue weighted by Gasteiger charge is 2.45. The van der Waals surface area contributed by atoms with Crippen LogP contribution < -0.4 is 4.74 Å². The predicted octanol–water partition coefficient (Wildman–Crippen LogP) is 6.32. The zero-order chi connectivity index (χ0) is 26.6. The lowest BCUT2D eigenvalue weighted by Crippen LogP contribution is -2.53. The summed E-state index contributed by atoms with van der Waals surface area (Å²) in [5, 5.41) is 9.90. The van der Waals surface area contributed by atoms with Crippen LogP contribution in [0.25, 0.3) is 11.1 Å². The molecule has 0 spiro atoms. The fourth-order valence-electron chi connectivity index (χ4n) is 7.22. The van der Waals surface area contributed by atoms with Gasteiger partial charge in [0.25, 0.3) is 0 Å². The summed E-state index contributed by atoms with van der Waals surface area (Å²) in [4.78, 5) is 28.0. The number of hydrogen-bond donors (Lipinski definition) is 1. The van der Waals surface area contributed by atoms with Crippen LogP contribution in [0.4, 0.5) is 4.39 Å². The van der Waals surface area contributed by atoms with Crippen LogP contribution in [0, 0.1) is 26.6 Å². The van der Waals surface area contributed by atoms with Crippen LogP contribution in [0.1, 0.15) is 91.3 Å². The molecule has 3 aliphatic rings. The third kappa shape index (κ3) is 4.13. The summed E-state index contributed by atoms with van der Waals surface area (Å²) < 4.78 is 21.0. The van der Waals surface area contributed by atoms with Gasteiger partial charge in [0, 0.05) is 18.2 Å². The molecule has 198 valence electrons. The standard InChI is InChI=1S/C31H38FNO4/c1-17-21-12-9-13-37-29(21)25(32)14-22(17)27-18(2)24-16-33(20-10-7-6-8-11-20)30(36)31(4,5)28(24)19(3)23(27)15-26(34)35/h14,20H,6-13,15-16H2,1-5H3,(H,34,35). The molecule has 5 rings (SSSR count). The minimum absolute atomic E-state index is 0.122. The largest absolute Gasteiger partial charge is 0.490 e. The van der Waals surface area contributed by atoms with Crippen molar-refractivity contribution in [2.45, 2.75) is 104 Å². The van der Waals surface area contributed by atoms with E-state index in [1.165, 1.54) is 12.5 Å². The molecule has 1 N–H and O–H groups in total. The third-order valence-electron chi connectivity index (χ3n) is 9.06. The van der Waals surface area contributed by atoms with Crippen molar-refractivity contribution in [2.75, 3.05) is 6.61 Å². The molecule has 0 atom stereocenters. The first-order chi connectivity index (χ1) is 17.5. The van der Waals surface area contributed by atoms with E-state index in [1.54, 1.807) is 0 Å². The van der Waals surface area contributed by atoms with E-state index in [2.05, 4.69) is 4.90 Å². The molecule has 0 saturated heterocycles. The summed E-state index contributed by atoms with van der Waals surface area (Å²) in [5.41, 5.74) is 7.10. The zero-order valence-electron chi connectivity index (χ0n) is 22.7. The van der Waals surface area contributed by atoms with Crippen LogP contribution in [0.2, 0.25) is 0 Å². The van der Waals surface area contributed by atoms with E-state index in [0.29, 0.717) is 24.5 Å². The minimum Gasteiger partial charge on any atom is -0.490 e. The maximum atomic E-state index is 15.3. The Morgan fingerprint density at radius 3 is 2.46 bits per heavy atom. The normalized spacial score (nSPS) is 19.3. The van der Waals surface area contributed by atoms with Gasteiger partial charge >= 0.3 is 5.97 Å². The van der Waals surface area contributed by atoms with E-state index >= 15 is 4.39 Å². The average molecular weight is 508 g/mol. The summed E-state index contributed by atoms with van der Waals surface area (Å²) >= 11 is 0. The smallest absolute Gasteiger partial charge is 0.307 e. The summed E-state index contributed by atoms with van der Waals surface area (Å²) in [7, 11) is 0. The number of hydrogen-bond acceptors (Lipinski definition) is 3. The number of rotatable bonds is 4. The average Bonchev–Trinajstić information content (AvgIpc) is 2.87. The van der Waals surface area contributed by atoms with Crippen molar-refractivity contribution in [1.82, 2.24) is 4.90 Å². The van der Waals surface area contributed by atoms with E-state index in [0.717, 1.165) is 83.0 Å². The number of carbonyl (C=O) groups excluding carboxylic acids is 1. The number of benzene rings is 2. The number of fused-ring (bicyclic) bond motifs is 2. The van der Waals surface area contributed by atoms with Gasteiger partial charge in [-0.3, -0.25) is 9.59 Å². The number of carbonyl (C=O) groups is 2. The second kappa shape index (κ2) is 9.45. The van der Waals surface area contributed by atoms with Crippen LogP contribution in [-0.2, 0) is 34.4 Å². The van der Waals surface area contributed by atoms with E-state index in [9.17, 15) is 14.7 Å². The summed E-state index contributed by atoms with van der Waals surface area (Å²) in [6.07, 6.45) is 6.92.